The third-order valence-corrected chi connectivity index (χ3v) is 9.35. The number of nitrogens with one attached hydrogen (secondary N) is 1. The number of carboxylic acids is 1. The number of amidine groups is 1. The SMILES string of the molecule is Cc1cccc(/C=C2\N=C(SC(C(=O)Nc3ccc(-c4cc(C(=O)O)c5ccccc5n4)cc3)c3ccccc3)N(c3ccccc3)C2=O)c1. The van der Waals surface area contributed by atoms with E-state index < -0.39 is 11.2 Å². The number of para-hydroxylation sites is 2. The summed E-state index contributed by atoms with van der Waals surface area (Å²) in [6, 6.07) is 42.3. The summed E-state index contributed by atoms with van der Waals surface area (Å²) >= 11 is 1.20. The Kier molecular flexibility index (Phi) is 9.05. The number of fused-ring (bicyclic) bond motifs is 1. The summed E-state index contributed by atoms with van der Waals surface area (Å²) in [5, 5.41) is 13.0. The van der Waals surface area contributed by atoms with Crippen LogP contribution in [-0.2, 0) is 9.59 Å². The van der Waals surface area contributed by atoms with E-state index in [2.05, 4.69) is 10.3 Å². The van der Waals surface area contributed by atoms with E-state index in [1.807, 2.05) is 97.9 Å². The number of nitrogens with zero attached hydrogens (tertiary/aromatic N) is 3. The van der Waals surface area contributed by atoms with Crippen LogP contribution in [0.1, 0.15) is 32.3 Å². The molecule has 0 aliphatic carbocycles. The highest BCUT2D eigenvalue weighted by molar-refractivity contribution is 8.15. The second kappa shape index (κ2) is 14.0. The molecule has 244 valence electrons. The van der Waals surface area contributed by atoms with E-state index >= 15 is 0 Å². The number of aromatic nitrogens is 1. The van der Waals surface area contributed by atoms with Crippen molar-refractivity contribution in [3.8, 4) is 11.3 Å². The van der Waals surface area contributed by atoms with Crippen LogP contribution in [0.3, 0.4) is 0 Å². The molecule has 5 aromatic carbocycles. The number of thioether (sulfide) groups is 1. The molecule has 1 aliphatic rings. The highest BCUT2D eigenvalue weighted by Crippen LogP contribution is 2.38. The molecule has 8 nitrogen and oxygen atoms in total. The first-order chi connectivity index (χ1) is 24.3. The number of aromatic carboxylic acids is 1. The Balaban J connectivity index is 1.19. The molecule has 2 heterocycles. The minimum atomic E-state index is -1.03. The quantitative estimate of drug-likeness (QED) is 0.156. The van der Waals surface area contributed by atoms with Crippen LogP contribution < -0.4 is 10.2 Å². The number of hydrogen-bond acceptors (Lipinski definition) is 6. The number of anilines is 2. The topological polar surface area (TPSA) is 112 Å². The fraction of sp³-hybridized carbons (Fsp3) is 0.0488. The van der Waals surface area contributed by atoms with Crippen molar-refractivity contribution in [2.24, 2.45) is 4.99 Å². The van der Waals surface area contributed by atoms with Gasteiger partial charge in [-0.05, 0) is 60.5 Å². The highest BCUT2D eigenvalue weighted by Gasteiger charge is 2.36. The summed E-state index contributed by atoms with van der Waals surface area (Å²) in [5.74, 6) is -1.61. The standard InChI is InChI=1S/C41H30N4O4S/c1-26-11-10-12-27(23-26)24-36-39(47)45(31-15-6-3-7-16-31)41(44-36)50-37(29-13-4-2-5-14-29)38(46)42-30-21-19-28(20-22-30)35-25-33(40(48)49)32-17-8-9-18-34(32)43-35/h2-25,37H,1H3,(H,42,46)(H,48,49)/b36-24-. The normalized spacial score (nSPS) is 14.1. The van der Waals surface area contributed by atoms with Gasteiger partial charge in [0.25, 0.3) is 5.91 Å². The zero-order valence-electron chi connectivity index (χ0n) is 26.9. The van der Waals surface area contributed by atoms with E-state index in [1.54, 1.807) is 59.5 Å². The van der Waals surface area contributed by atoms with Gasteiger partial charge in [0.1, 0.15) is 10.9 Å². The Hall–Kier alpha value is -6.32. The fourth-order valence-corrected chi connectivity index (χ4v) is 6.85. The Morgan fingerprint density at radius 2 is 1.52 bits per heavy atom. The Bertz CT molecular complexity index is 2310. The lowest BCUT2D eigenvalue weighted by molar-refractivity contribution is -0.116. The molecule has 0 radical (unpaired) electrons. The summed E-state index contributed by atoms with van der Waals surface area (Å²) in [6.45, 7) is 1.99. The molecule has 0 fully saturated rings. The van der Waals surface area contributed by atoms with Crippen molar-refractivity contribution < 1.29 is 19.5 Å². The van der Waals surface area contributed by atoms with Crippen LogP contribution in [0.5, 0.6) is 0 Å². The van der Waals surface area contributed by atoms with Crippen molar-refractivity contribution >= 4 is 63.1 Å². The van der Waals surface area contributed by atoms with Crippen molar-refractivity contribution in [3.63, 3.8) is 0 Å². The number of amides is 2. The summed E-state index contributed by atoms with van der Waals surface area (Å²) in [6.07, 6.45) is 1.77. The molecule has 1 aliphatic heterocycles. The molecule has 0 spiro atoms. The average Bonchev–Trinajstić information content (AvgIpc) is 3.44. The largest absolute Gasteiger partial charge is 0.478 e. The van der Waals surface area contributed by atoms with Crippen molar-refractivity contribution in [2.75, 3.05) is 10.2 Å². The number of aliphatic imine (C=N–C) groups is 1. The van der Waals surface area contributed by atoms with Gasteiger partial charge in [-0.15, -0.1) is 0 Å². The summed E-state index contributed by atoms with van der Waals surface area (Å²) in [7, 11) is 0. The molecule has 6 aromatic rings. The number of carboxylic acid groups (broad SMARTS) is 1. The number of aryl methyl sites for hydroxylation is 1. The Labute approximate surface area is 292 Å². The number of carbonyl (C=O) groups excluding carboxylic acids is 2. The monoisotopic (exact) mass is 674 g/mol. The van der Waals surface area contributed by atoms with Crippen LogP contribution in [0.25, 0.3) is 28.2 Å². The minimum absolute atomic E-state index is 0.167. The molecule has 0 bridgehead atoms. The van der Waals surface area contributed by atoms with Gasteiger partial charge in [-0.1, -0.05) is 120 Å². The van der Waals surface area contributed by atoms with Crippen molar-refractivity contribution in [1.82, 2.24) is 4.98 Å². The highest BCUT2D eigenvalue weighted by atomic mass is 32.2. The molecule has 2 amide bonds. The van der Waals surface area contributed by atoms with E-state index in [9.17, 15) is 19.5 Å². The van der Waals surface area contributed by atoms with Crippen LogP contribution in [0.15, 0.2) is 150 Å². The number of rotatable bonds is 8. The molecular weight excluding hydrogens is 645 g/mol. The molecule has 50 heavy (non-hydrogen) atoms. The first kappa shape index (κ1) is 32.2. The van der Waals surface area contributed by atoms with Gasteiger partial charge in [-0.3, -0.25) is 14.5 Å². The molecule has 2 N–H and O–H groups in total. The predicted octanol–water partition coefficient (Wildman–Crippen LogP) is 8.77. The maximum absolute atomic E-state index is 14.1. The molecule has 9 heteroatoms. The van der Waals surface area contributed by atoms with Gasteiger partial charge in [-0.25, -0.2) is 14.8 Å². The van der Waals surface area contributed by atoms with E-state index in [4.69, 9.17) is 4.99 Å². The zero-order chi connectivity index (χ0) is 34.6. The smallest absolute Gasteiger partial charge is 0.336 e. The van der Waals surface area contributed by atoms with Crippen LogP contribution in [0.4, 0.5) is 11.4 Å². The molecule has 1 unspecified atom stereocenters. The number of benzene rings is 5. The van der Waals surface area contributed by atoms with Gasteiger partial charge in [0.2, 0.25) is 5.91 Å². The van der Waals surface area contributed by atoms with Crippen molar-refractivity contribution in [3.05, 3.63) is 167 Å². The lowest BCUT2D eigenvalue weighted by Crippen LogP contribution is -2.32. The molecular formula is C41H30N4O4S. The maximum atomic E-state index is 14.1. The van der Waals surface area contributed by atoms with Gasteiger partial charge in [0, 0.05) is 16.6 Å². The second-order valence-corrected chi connectivity index (χ2v) is 12.7. The van der Waals surface area contributed by atoms with Gasteiger partial charge in [-0.2, -0.15) is 0 Å². The van der Waals surface area contributed by atoms with E-state index in [-0.39, 0.29) is 23.1 Å². The van der Waals surface area contributed by atoms with Gasteiger partial charge < -0.3 is 10.4 Å². The third kappa shape index (κ3) is 6.80. The van der Waals surface area contributed by atoms with E-state index in [0.29, 0.717) is 38.7 Å². The lowest BCUT2D eigenvalue weighted by Gasteiger charge is -2.22. The predicted molar refractivity (Wildman–Crippen MR) is 200 cm³/mol. The molecule has 0 saturated heterocycles. The fourth-order valence-electron chi connectivity index (χ4n) is 5.74. The van der Waals surface area contributed by atoms with Crippen LogP contribution in [0, 0.1) is 6.92 Å². The van der Waals surface area contributed by atoms with E-state index in [1.165, 1.54) is 11.8 Å². The van der Waals surface area contributed by atoms with Crippen LogP contribution in [0.2, 0.25) is 0 Å². The summed E-state index contributed by atoms with van der Waals surface area (Å²) < 4.78 is 0. The van der Waals surface area contributed by atoms with Gasteiger partial charge in [0.15, 0.2) is 5.17 Å². The third-order valence-electron chi connectivity index (χ3n) is 8.15. The Morgan fingerprint density at radius 3 is 2.24 bits per heavy atom. The van der Waals surface area contributed by atoms with Gasteiger partial charge in [0.05, 0.1) is 22.5 Å². The molecule has 7 rings (SSSR count). The molecule has 0 saturated carbocycles. The zero-order valence-corrected chi connectivity index (χ0v) is 27.7. The minimum Gasteiger partial charge on any atom is -0.478 e. The van der Waals surface area contributed by atoms with Gasteiger partial charge >= 0.3 is 5.97 Å². The number of hydrogen-bond donors (Lipinski definition) is 2. The first-order valence-electron chi connectivity index (χ1n) is 15.9. The summed E-state index contributed by atoms with van der Waals surface area (Å²) in [4.78, 5) is 50.9. The van der Waals surface area contributed by atoms with E-state index in [0.717, 1.165) is 16.7 Å². The number of carbonyl (C=O) groups is 3. The second-order valence-electron chi connectivity index (χ2n) is 11.7. The summed E-state index contributed by atoms with van der Waals surface area (Å²) in [5.41, 5.74) is 6.09. The van der Waals surface area contributed by atoms with Crippen LogP contribution in [-0.4, -0.2) is 33.0 Å². The molecule has 1 atom stereocenters. The Morgan fingerprint density at radius 1 is 0.820 bits per heavy atom. The van der Waals surface area contributed by atoms with Crippen molar-refractivity contribution in [2.45, 2.75) is 12.2 Å². The van der Waals surface area contributed by atoms with Crippen LogP contribution >= 0.6 is 11.8 Å². The number of pyridine rings is 1. The lowest BCUT2D eigenvalue weighted by atomic mass is 10.0. The maximum Gasteiger partial charge on any atom is 0.336 e. The molecule has 1 aromatic heterocycles. The first-order valence-corrected chi connectivity index (χ1v) is 16.7. The van der Waals surface area contributed by atoms with Crippen molar-refractivity contribution in [1.29, 1.82) is 0 Å². The average molecular weight is 675 g/mol.